The first-order valence-electron chi connectivity index (χ1n) is 12.3. The summed E-state index contributed by atoms with van der Waals surface area (Å²) >= 11 is 2.39. The molecule has 0 saturated heterocycles. The van der Waals surface area contributed by atoms with Gasteiger partial charge in [0, 0.05) is 23.1 Å². The molecule has 2 amide bonds. The molecule has 2 aromatic heterocycles. The number of methoxy groups -OCH3 is 2. The fourth-order valence-corrected chi connectivity index (χ4v) is 5.39. The Balaban J connectivity index is 1.52. The van der Waals surface area contributed by atoms with Crippen LogP contribution in [0.3, 0.4) is 0 Å². The highest BCUT2D eigenvalue weighted by atomic mass is 32.1. The number of ether oxygens (including phenoxy) is 4. The summed E-state index contributed by atoms with van der Waals surface area (Å²) in [6.45, 7) is 1.19. The van der Waals surface area contributed by atoms with Gasteiger partial charge in [-0.3, -0.25) is 9.59 Å². The minimum absolute atomic E-state index is 0.0462. The van der Waals surface area contributed by atoms with Crippen molar-refractivity contribution in [3.63, 3.8) is 0 Å². The molecule has 0 aliphatic heterocycles. The summed E-state index contributed by atoms with van der Waals surface area (Å²) in [4.78, 5) is 51.8. The number of carbonyl (C=O) groups excluding carboxylic acids is 4. The van der Waals surface area contributed by atoms with Gasteiger partial charge in [0.2, 0.25) is 0 Å². The van der Waals surface area contributed by atoms with Crippen molar-refractivity contribution < 1.29 is 38.1 Å². The predicted octanol–water partition coefficient (Wildman–Crippen LogP) is 5.72. The number of rotatable bonds is 11. The third-order valence-corrected chi connectivity index (χ3v) is 7.44. The van der Waals surface area contributed by atoms with Gasteiger partial charge in [0.1, 0.15) is 10.6 Å². The molecule has 12 heteroatoms. The molecule has 0 saturated carbocycles. The van der Waals surface area contributed by atoms with E-state index in [-0.39, 0.29) is 39.9 Å². The minimum atomic E-state index is -0.885. The summed E-state index contributed by atoms with van der Waals surface area (Å²) in [6, 6.07) is 15.4. The Morgan fingerprint density at radius 2 is 1.56 bits per heavy atom. The number of hydrogen-bond acceptors (Lipinski definition) is 10. The first kappa shape index (κ1) is 29.3. The molecule has 0 bridgehead atoms. The molecule has 0 aliphatic carbocycles. The highest BCUT2D eigenvalue weighted by Gasteiger charge is 2.24. The highest BCUT2D eigenvalue weighted by Crippen LogP contribution is 2.37. The van der Waals surface area contributed by atoms with Crippen LogP contribution in [-0.4, -0.2) is 51.2 Å². The van der Waals surface area contributed by atoms with Gasteiger partial charge in [-0.15, -0.1) is 22.7 Å². The quantitative estimate of drug-likeness (QED) is 0.211. The normalized spacial score (nSPS) is 10.4. The Labute approximate surface area is 243 Å². The Morgan fingerprint density at radius 1 is 0.829 bits per heavy atom. The van der Waals surface area contributed by atoms with Gasteiger partial charge in [-0.1, -0.05) is 36.4 Å². The maximum atomic E-state index is 13.1. The van der Waals surface area contributed by atoms with E-state index in [4.69, 9.17) is 18.9 Å². The average Bonchev–Trinajstić information content (AvgIpc) is 3.67. The van der Waals surface area contributed by atoms with E-state index < -0.39 is 30.4 Å². The van der Waals surface area contributed by atoms with Gasteiger partial charge in [0.15, 0.2) is 18.1 Å². The van der Waals surface area contributed by atoms with E-state index in [1.807, 2.05) is 30.3 Å². The number of anilines is 2. The van der Waals surface area contributed by atoms with Gasteiger partial charge in [0.25, 0.3) is 11.8 Å². The molecule has 2 heterocycles. The van der Waals surface area contributed by atoms with Crippen LogP contribution in [-0.2, 0) is 14.3 Å². The molecule has 2 aromatic carbocycles. The van der Waals surface area contributed by atoms with Crippen molar-refractivity contribution in [1.29, 1.82) is 0 Å². The number of esters is 2. The fraction of sp³-hybridized carbons (Fsp3) is 0.172. The van der Waals surface area contributed by atoms with Crippen LogP contribution in [0.25, 0.3) is 11.1 Å². The second-order valence-electron chi connectivity index (χ2n) is 8.25. The van der Waals surface area contributed by atoms with Crippen LogP contribution in [0.15, 0.2) is 65.4 Å². The van der Waals surface area contributed by atoms with Gasteiger partial charge in [0.05, 0.1) is 37.0 Å². The van der Waals surface area contributed by atoms with Gasteiger partial charge in [-0.05, 0) is 23.9 Å². The summed E-state index contributed by atoms with van der Waals surface area (Å²) in [5.41, 5.74) is 1.67. The molecule has 4 rings (SSSR count). The monoisotopic (exact) mass is 594 g/mol. The molecule has 2 N–H and O–H groups in total. The Morgan fingerprint density at radius 3 is 2.22 bits per heavy atom. The molecule has 0 radical (unpaired) electrons. The van der Waals surface area contributed by atoms with Crippen molar-refractivity contribution in [1.82, 2.24) is 0 Å². The molecule has 41 heavy (non-hydrogen) atoms. The van der Waals surface area contributed by atoms with Crippen LogP contribution in [0.4, 0.5) is 10.7 Å². The maximum absolute atomic E-state index is 13.1. The molecule has 0 aliphatic rings. The molecular formula is C29H26N2O8S2. The Hall–Kier alpha value is -4.68. The molecule has 0 unspecified atom stereocenters. The topological polar surface area (TPSA) is 129 Å². The zero-order chi connectivity index (χ0) is 29.4. The molecule has 4 aromatic rings. The van der Waals surface area contributed by atoms with E-state index in [0.29, 0.717) is 10.4 Å². The lowest BCUT2D eigenvalue weighted by Crippen LogP contribution is -2.22. The maximum Gasteiger partial charge on any atom is 0.341 e. The predicted molar refractivity (Wildman–Crippen MR) is 156 cm³/mol. The van der Waals surface area contributed by atoms with E-state index in [1.165, 1.54) is 37.7 Å². The van der Waals surface area contributed by atoms with E-state index >= 15 is 0 Å². The zero-order valence-electron chi connectivity index (χ0n) is 22.3. The molecule has 0 atom stereocenters. The minimum Gasteiger partial charge on any atom is -0.493 e. The van der Waals surface area contributed by atoms with Crippen molar-refractivity contribution in [2.45, 2.75) is 6.92 Å². The van der Waals surface area contributed by atoms with E-state index in [1.54, 1.807) is 29.8 Å². The standard InChI is InChI=1S/C29H26N2O8S2/c1-4-38-29(35)25-19(17-9-6-5-7-10-17)16-41-27(25)31-24(32)15-39-28(34)18-13-21(36-2)22(37-3)14-20(18)30-26(33)23-11-8-12-40-23/h5-14,16H,4,15H2,1-3H3,(H,30,33)(H,31,32). The lowest BCUT2D eigenvalue weighted by atomic mass is 10.0. The van der Waals surface area contributed by atoms with Gasteiger partial charge >= 0.3 is 11.9 Å². The molecular weight excluding hydrogens is 568 g/mol. The summed E-state index contributed by atoms with van der Waals surface area (Å²) in [5.74, 6) is -2.07. The molecule has 0 fully saturated rings. The SMILES string of the molecule is CCOC(=O)c1c(-c2ccccc2)csc1NC(=O)COC(=O)c1cc(OC)c(OC)cc1NC(=O)c1cccs1. The average molecular weight is 595 g/mol. The third-order valence-electron chi connectivity index (χ3n) is 5.68. The molecule has 10 nitrogen and oxygen atoms in total. The number of hydrogen-bond donors (Lipinski definition) is 2. The zero-order valence-corrected chi connectivity index (χ0v) is 24.0. The summed E-state index contributed by atoms with van der Waals surface area (Å²) in [5, 5.41) is 9.08. The lowest BCUT2D eigenvalue weighted by Gasteiger charge is -2.15. The van der Waals surface area contributed by atoms with Crippen LogP contribution in [0, 0.1) is 0 Å². The van der Waals surface area contributed by atoms with Crippen LogP contribution in [0.1, 0.15) is 37.3 Å². The van der Waals surface area contributed by atoms with Crippen molar-refractivity contribution in [2.24, 2.45) is 0 Å². The van der Waals surface area contributed by atoms with Crippen LogP contribution < -0.4 is 20.1 Å². The first-order valence-corrected chi connectivity index (χ1v) is 14.0. The summed E-state index contributed by atoms with van der Waals surface area (Å²) < 4.78 is 21.1. The third kappa shape index (κ3) is 6.91. The van der Waals surface area contributed by atoms with Crippen molar-refractivity contribution in [2.75, 3.05) is 38.1 Å². The fourth-order valence-electron chi connectivity index (χ4n) is 3.80. The van der Waals surface area contributed by atoms with Crippen molar-refractivity contribution in [3.8, 4) is 22.6 Å². The number of nitrogens with one attached hydrogen (secondary N) is 2. The van der Waals surface area contributed by atoms with E-state index in [9.17, 15) is 19.2 Å². The second kappa shape index (κ2) is 13.6. The number of amides is 2. The van der Waals surface area contributed by atoms with Crippen LogP contribution in [0.2, 0.25) is 0 Å². The summed E-state index contributed by atoms with van der Waals surface area (Å²) in [7, 11) is 2.82. The number of carbonyl (C=O) groups is 4. The first-order chi connectivity index (χ1) is 19.9. The van der Waals surface area contributed by atoms with E-state index in [2.05, 4.69) is 10.6 Å². The second-order valence-corrected chi connectivity index (χ2v) is 10.1. The van der Waals surface area contributed by atoms with Gasteiger partial charge < -0.3 is 29.6 Å². The Bertz CT molecular complexity index is 1550. The van der Waals surface area contributed by atoms with Gasteiger partial charge in [-0.2, -0.15) is 0 Å². The summed E-state index contributed by atoms with van der Waals surface area (Å²) in [6.07, 6.45) is 0. The van der Waals surface area contributed by atoms with Crippen molar-refractivity contribution in [3.05, 3.63) is 81.4 Å². The van der Waals surface area contributed by atoms with E-state index in [0.717, 1.165) is 16.9 Å². The van der Waals surface area contributed by atoms with Gasteiger partial charge in [-0.25, -0.2) is 9.59 Å². The highest BCUT2D eigenvalue weighted by molar-refractivity contribution is 7.15. The smallest absolute Gasteiger partial charge is 0.341 e. The number of thiophene rings is 2. The Kier molecular flexibility index (Phi) is 9.72. The number of benzene rings is 2. The molecule has 212 valence electrons. The van der Waals surface area contributed by atoms with Crippen LogP contribution in [0.5, 0.6) is 11.5 Å². The molecule has 0 spiro atoms. The lowest BCUT2D eigenvalue weighted by molar-refractivity contribution is -0.119. The largest absolute Gasteiger partial charge is 0.493 e. The van der Waals surface area contributed by atoms with Crippen molar-refractivity contribution >= 4 is 57.1 Å². The van der Waals surface area contributed by atoms with Crippen LogP contribution >= 0.6 is 22.7 Å².